The van der Waals surface area contributed by atoms with Crippen molar-refractivity contribution in [3.63, 3.8) is 0 Å². The predicted molar refractivity (Wildman–Crippen MR) is 117 cm³/mol. The second-order valence-electron chi connectivity index (χ2n) is 7.94. The molecule has 1 N–H and O–H groups in total. The Morgan fingerprint density at radius 1 is 1.19 bits per heavy atom. The Labute approximate surface area is 187 Å². The number of amides is 1. The molecule has 1 aliphatic rings. The van der Waals surface area contributed by atoms with Crippen LogP contribution in [0.25, 0.3) is 0 Å². The van der Waals surface area contributed by atoms with Gasteiger partial charge in [-0.2, -0.15) is 0 Å². The summed E-state index contributed by atoms with van der Waals surface area (Å²) >= 11 is 0. The molecule has 0 saturated carbocycles. The Morgan fingerprint density at radius 3 is 2.75 bits per heavy atom. The van der Waals surface area contributed by atoms with Crippen LogP contribution in [0.3, 0.4) is 0 Å². The quantitative estimate of drug-likeness (QED) is 0.510. The van der Waals surface area contributed by atoms with Crippen LogP contribution in [0.15, 0.2) is 42.7 Å². The minimum absolute atomic E-state index is 0.0194. The van der Waals surface area contributed by atoms with Crippen molar-refractivity contribution in [2.75, 3.05) is 26.3 Å². The molecule has 3 aromatic rings. The number of carbonyl (C=O) groups is 1. The van der Waals surface area contributed by atoms with Crippen molar-refractivity contribution >= 4 is 5.91 Å². The van der Waals surface area contributed by atoms with Crippen LogP contribution < -0.4 is 5.32 Å². The zero-order valence-corrected chi connectivity index (χ0v) is 18.4. The second-order valence-corrected chi connectivity index (χ2v) is 7.94. The normalized spacial score (nSPS) is 15.5. The van der Waals surface area contributed by atoms with E-state index in [0.717, 1.165) is 56.5 Å². The van der Waals surface area contributed by atoms with Gasteiger partial charge in [0.25, 0.3) is 0 Å². The number of aryl methyl sites for hydroxylation is 3. The van der Waals surface area contributed by atoms with Gasteiger partial charge in [-0.3, -0.25) is 9.69 Å². The number of aromatic nitrogens is 6. The summed E-state index contributed by atoms with van der Waals surface area (Å²) in [4.78, 5) is 19.4. The van der Waals surface area contributed by atoms with E-state index in [1.165, 1.54) is 0 Å². The van der Waals surface area contributed by atoms with Gasteiger partial charge in [0.05, 0.1) is 32.3 Å². The van der Waals surface area contributed by atoms with E-state index < -0.39 is 0 Å². The fourth-order valence-electron chi connectivity index (χ4n) is 3.86. The van der Waals surface area contributed by atoms with Gasteiger partial charge in [-0.15, -0.1) is 5.10 Å². The maximum absolute atomic E-state index is 12.8. The lowest BCUT2D eigenvalue weighted by molar-refractivity contribution is -0.122. The molecular weight excluding hydrogens is 408 g/mol. The number of tetrazole rings is 1. The summed E-state index contributed by atoms with van der Waals surface area (Å²) in [6.07, 6.45) is 4.85. The minimum atomic E-state index is -0.0767. The monoisotopic (exact) mass is 438 g/mol. The molecule has 1 saturated heterocycles. The third-order valence-electron chi connectivity index (χ3n) is 5.74. The molecule has 170 valence electrons. The largest absolute Gasteiger partial charge is 0.379 e. The Kier molecular flexibility index (Phi) is 7.57. The van der Waals surface area contributed by atoms with Crippen LogP contribution in [0.4, 0.5) is 0 Å². The average molecular weight is 439 g/mol. The molecular formula is C22H30N8O2. The van der Waals surface area contributed by atoms with Crippen molar-refractivity contribution in [2.45, 2.75) is 45.4 Å². The van der Waals surface area contributed by atoms with Crippen molar-refractivity contribution in [1.29, 1.82) is 0 Å². The first-order valence-corrected chi connectivity index (χ1v) is 11.1. The topological polar surface area (TPSA) is 103 Å². The molecule has 3 heterocycles. The molecule has 0 bridgehead atoms. The Morgan fingerprint density at radius 2 is 2.00 bits per heavy atom. The first kappa shape index (κ1) is 22.1. The standard InChI is InChI=1S/C22H30N8O2/c1-18-23-9-12-29(18)10-7-20(19-5-3-2-4-6-19)24-22(31)8-11-30-21(25-26-27-30)17-28-13-15-32-16-14-28/h2-6,9,12,20H,7-8,10-11,13-17H2,1H3,(H,24,31). The summed E-state index contributed by atoms with van der Waals surface area (Å²) in [6, 6.07) is 10.00. The number of morpholine rings is 1. The van der Waals surface area contributed by atoms with Gasteiger partial charge in [0.2, 0.25) is 5.91 Å². The summed E-state index contributed by atoms with van der Waals surface area (Å²) in [5.41, 5.74) is 1.09. The fraction of sp³-hybridized carbons (Fsp3) is 0.500. The summed E-state index contributed by atoms with van der Waals surface area (Å²) in [5, 5.41) is 15.2. The van der Waals surface area contributed by atoms with E-state index in [2.05, 4.69) is 35.3 Å². The van der Waals surface area contributed by atoms with E-state index in [4.69, 9.17) is 4.74 Å². The lowest BCUT2D eigenvalue weighted by atomic mass is 10.0. The summed E-state index contributed by atoms with van der Waals surface area (Å²) < 4.78 is 9.22. The van der Waals surface area contributed by atoms with Crippen LogP contribution in [0.5, 0.6) is 0 Å². The molecule has 32 heavy (non-hydrogen) atoms. The highest BCUT2D eigenvalue weighted by Crippen LogP contribution is 2.18. The van der Waals surface area contributed by atoms with Crippen molar-refractivity contribution in [1.82, 2.24) is 40.0 Å². The number of ether oxygens (including phenoxy) is 1. The van der Waals surface area contributed by atoms with Crippen LogP contribution >= 0.6 is 0 Å². The number of imidazole rings is 1. The number of hydrogen-bond acceptors (Lipinski definition) is 7. The first-order chi connectivity index (χ1) is 15.7. The SMILES string of the molecule is Cc1nccn1CCC(NC(=O)CCn1nnnc1CN1CCOCC1)c1ccccc1. The molecule has 2 aromatic heterocycles. The van der Waals surface area contributed by atoms with Crippen LogP contribution in [-0.2, 0) is 29.2 Å². The number of hydrogen-bond donors (Lipinski definition) is 1. The molecule has 1 amide bonds. The highest BCUT2D eigenvalue weighted by molar-refractivity contribution is 5.76. The highest BCUT2D eigenvalue weighted by atomic mass is 16.5. The van der Waals surface area contributed by atoms with E-state index in [-0.39, 0.29) is 11.9 Å². The van der Waals surface area contributed by atoms with E-state index in [0.29, 0.717) is 19.5 Å². The predicted octanol–water partition coefficient (Wildman–Crippen LogP) is 1.35. The zero-order valence-electron chi connectivity index (χ0n) is 18.4. The Bertz CT molecular complexity index is 981. The Balaban J connectivity index is 1.33. The van der Waals surface area contributed by atoms with Crippen LogP contribution in [0, 0.1) is 6.92 Å². The second kappa shape index (κ2) is 11.0. The van der Waals surface area contributed by atoms with Crippen molar-refractivity contribution in [2.24, 2.45) is 0 Å². The van der Waals surface area contributed by atoms with Gasteiger partial charge in [-0.1, -0.05) is 30.3 Å². The molecule has 0 spiro atoms. The Hall–Kier alpha value is -3.11. The third kappa shape index (κ3) is 5.98. The number of rotatable bonds is 10. The van der Waals surface area contributed by atoms with Crippen LogP contribution in [0.1, 0.15) is 36.1 Å². The van der Waals surface area contributed by atoms with Crippen LogP contribution in [-0.4, -0.2) is 66.9 Å². The van der Waals surface area contributed by atoms with E-state index in [1.807, 2.05) is 43.5 Å². The molecule has 1 aliphatic heterocycles. The molecule has 0 aliphatic carbocycles. The first-order valence-electron chi connectivity index (χ1n) is 11.1. The van der Waals surface area contributed by atoms with Gasteiger partial charge in [0.15, 0.2) is 5.82 Å². The maximum Gasteiger partial charge on any atom is 0.222 e. The molecule has 10 nitrogen and oxygen atoms in total. The lowest BCUT2D eigenvalue weighted by Crippen LogP contribution is -2.36. The van der Waals surface area contributed by atoms with Gasteiger partial charge in [-0.25, -0.2) is 9.67 Å². The average Bonchev–Trinajstić information content (AvgIpc) is 3.44. The van der Waals surface area contributed by atoms with Crippen molar-refractivity contribution in [3.05, 3.63) is 59.9 Å². The number of nitrogens with zero attached hydrogens (tertiary/aromatic N) is 7. The fourth-order valence-corrected chi connectivity index (χ4v) is 3.86. The molecule has 0 radical (unpaired) electrons. The number of nitrogens with one attached hydrogen (secondary N) is 1. The van der Waals surface area contributed by atoms with Gasteiger partial charge in [0.1, 0.15) is 5.82 Å². The molecule has 1 atom stereocenters. The van der Waals surface area contributed by atoms with Gasteiger partial charge in [-0.05, 0) is 29.3 Å². The molecule has 1 unspecified atom stereocenters. The number of carbonyl (C=O) groups excluding carboxylic acids is 1. The summed E-state index contributed by atoms with van der Waals surface area (Å²) in [7, 11) is 0. The zero-order chi connectivity index (χ0) is 22.2. The smallest absolute Gasteiger partial charge is 0.222 e. The van der Waals surface area contributed by atoms with Crippen LogP contribution in [0.2, 0.25) is 0 Å². The van der Waals surface area contributed by atoms with Gasteiger partial charge in [0, 0.05) is 38.4 Å². The van der Waals surface area contributed by atoms with E-state index >= 15 is 0 Å². The van der Waals surface area contributed by atoms with E-state index in [1.54, 1.807) is 10.9 Å². The molecule has 10 heteroatoms. The molecule has 4 rings (SSSR count). The van der Waals surface area contributed by atoms with Gasteiger partial charge < -0.3 is 14.6 Å². The minimum Gasteiger partial charge on any atom is -0.379 e. The highest BCUT2D eigenvalue weighted by Gasteiger charge is 2.18. The summed E-state index contributed by atoms with van der Waals surface area (Å²) in [5.74, 6) is 1.72. The molecule has 1 fully saturated rings. The van der Waals surface area contributed by atoms with E-state index in [9.17, 15) is 4.79 Å². The van der Waals surface area contributed by atoms with Crippen molar-refractivity contribution in [3.8, 4) is 0 Å². The van der Waals surface area contributed by atoms with Gasteiger partial charge >= 0.3 is 0 Å². The third-order valence-corrected chi connectivity index (χ3v) is 5.74. The lowest BCUT2D eigenvalue weighted by Gasteiger charge is -2.25. The maximum atomic E-state index is 12.8. The number of benzene rings is 1. The van der Waals surface area contributed by atoms with Crippen molar-refractivity contribution < 1.29 is 9.53 Å². The summed E-state index contributed by atoms with van der Waals surface area (Å²) in [6.45, 7) is 7.05. The molecule has 1 aromatic carbocycles.